The van der Waals surface area contributed by atoms with Gasteiger partial charge in [0.1, 0.15) is 0 Å². The number of benzene rings is 1. The van der Waals surface area contributed by atoms with Gasteiger partial charge in [-0.3, -0.25) is 0 Å². The molecule has 1 heterocycles. The second-order valence-corrected chi connectivity index (χ2v) is 6.46. The van der Waals surface area contributed by atoms with Gasteiger partial charge in [0, 0.05) is 23.1 Å². The van der Waals surface area contributed by atoms with Crippen LogP contribution in [-0.4, -0.2) is 12.6 Å². The van der Waals surface area contributed by atoms with Gasteiger partial charge in [-0.1, -0.05) is 25.8 Å². The maximum atomic E-state index is 5.96. The zero-order chi connectivity index (χ0) is 13.8. The third-order valence-corrected chi connectivity index (χ3v) is 4.79. The van der Waals surface area contributed by atoms with E-state index in [1.807, 2.05) is 6.92 Å². The molecule has 0 bridgehead atoms. The van der Waals surface area contributed by atoms with Crippen molar-refractivity contribution in [1.82, 2.24) is 0 Å². The summed E-state index contributed by atoms with van der Waals surface area (Å²) in [6.07, 6.45) is 6.57. The molecule has 3 heteroatoms. The fourth-order valence-electron chi connectivity index (χ4n) is 2.96. The van der Waals surface area contributed by atoms with Gasteiger partial charge in [0.2, 0.25) is 0 Å². The van der Waals surface area contributed by atoms with Crippen LogP contribution in [0, 0.1) is 0 Å². The number of halogens is 1. The molecule has 1 aliphatic heterocycles. The fourth-order valence-corrected chi connectivity index (χ4v) is 3.58. The van der Waals surface area contributed by atoms with Crippen LogP contribution < -0.4 is 10.6 Å². The molecule has 1 fully saturated rings. The van der Waals surface area contributed by atoms with Crippen molar-refractivity contribution >= 4 is 21.6 Å². The molecule has 1 aromatic rings. The highest BCUT2D eigenvalue weighted by molar-refractivity contribution is 9.10. The van der Waals surface area contributed by atoms with Crippen LogP contribution in [-0.2, 0) is 0 Å². The van der Waals surface area contributed by atoms with Crippen molar-refractivity contribution in [2.24, 2.45) is 5.73 Å². The number of rotatable bonds is 3. The van der Waals surface area contributed by atoms with E-state index in [0.29, 0.717) is 6.04 Å². The summed E-state index contributed by atoms with van der Waals surface area (Å²) in [5.41, 5.74) is 8.48. The average molecular weight is 325 g/mol. The molecule has 19 heavy (non-hydrogen) atoms. The summed E-state index contributed by atoms with van der Waals surface area (Å²) in [6.45, 7) is 5.50. The third kappa shape index (κ3) is 3.51. The summed E-state index contributed by atoms with van der Waals surface area (Å²) in [6, 6.07) is 7.35. The van der Waals surface area contributed by atoms with Crippen molar-refractivity contribution in [3.05, 3.63) is 28.2 Å². The minimum absolute atomic E-state index is 0.0939. The zero-order valence-corrected chi connectivity index (χ0v) is 13.6. The van der Waals surface area contributed by atoms with Crippen LogP contribution in [0.2, 0.25) is 0 Å². The first-order valence-electron chi connectivity index (χ1n) is 7.45. The Balaban J connectivity index is 2.28. The molecule has 1 unspecified atom stereocenters. The smallest absolute Gasteiger partial charge is 0.0513 e. The average Bonchev–Trinajstić information content (AvgIpc) is 2.63. The Morgan fingerprint density at radius 2 is 2.16 bits per heavy atom. The van der Waals surface area contributed by atoms with Crippen LogP contribution in [0.3, 0.4) is 0 Å². The van der Waals surface area contributed by atoms with E-state index in [0.717, 1.165) is 0 Å². The molecule has 2 N–H and O–H groups in total. The first-order chi connectivity index (χ1) is 9.13. The summed E-state index contributed by atoms with van der Waals surface area (Å²) in [5, 5.41) is 0. The Bertz CT molecular complexity index is 417. The van der Waals surface area contributed by atoms with Gasteiger partial charge in [-0.25, -0.2) is 0 Å². The van der Waals surface area contributed by atoms with E-state index in [9.17, 15) is 0 Å². The summed E-state index contributed by atoms with van der Waals surface area (Å²) in [7, 11) is 0. The number of anilines is 1. The predicted octanol–water partition coefficient (Wildman–Crippen LogP) is 4.63. The van der Waals surface area contributed by atoms with Gasteiger partial charge >= 0.3 is 0 Å². The molecule has 106 valence electrons. The molecule has 1 aromatic carbocycles. The molecule has 0 saturated carbocycles. The standard InChI is InChI=1S/C16H25BrN2/c1-3-14-7-5-4-6-10-19(14)16-9-8-13(12(2)18)11-15(16)17/h8-9,11-12,14H,3-7,10,18H2,1-2H3/t12-,14?/m0/s1. The summed E-state index contributed by atoms with van der Waals surface area (Å²) >= 11 is 3.74. The van der Waals surface area contributed by atoms with Gasteiger partial charge < -0.3 is 10.6 Å². The maximum Gasteiger partial charge on any atom is 0.0513 e. The lowest BCUT2D eigenvalue weighted by molar-refractivity contribution is 0.555. The lowest BCUT2D eigenvalue weighted by Crippen LogP contribution is -2.34. The van der Waals surface area contributed by atoms with E-state index < -0.39 is 0 Å². The van der Waals surface area contributed by atoms with E-state index >= 15 is 0 Å². The number of nitrogens with zero attached hydrogens (tertiary/aromatic N) is 1. The van der Waals surface area contributed by atoms with Crippen LogP contribution in [0.4, 0.5) is 5.69 Å². The van der Waals surface area contributed by atoms with E-state index in [4.69, 9.17) is 5.73 Å². The molecule has 0 aliphatic carbocycles. The normalized spacial score (nSPS) is 22.1. The van der Waals surface area contributed by atoms with Gasteiger partial charge in [-0.2, -0.15) is 0 Å². The van der Waals surface area contributed by atoms with E-state index in [2.05, 4.69) is 46.0 Å². The lowest BCUT2D eigenvalue weighted by atomic mass is 10.1. The quantitative estimate of drug-likeness (QED) is 0.878. The largest absolute Gasteiger partial charge is 0.368 e. The second-order valence-electron chi connectivity index (χ2n) is 5.60. The molecule has 0 amide bonds. The molecule has 0 aromatic heterocycles. The SMILES string of the molecule is CCC1CCCCCN1c1ccc([C@H](C)N)cc1Br. The number of nitrogens with two attached hydrogens (primary N) is 1. The van der Waals surface area contributed by atoms with Crippen LogP contribution in [0.15, 0.2) is 22.7 Å². The summed E-state index contributed by atoms with van der Waals surface area (Å²) < 4.78 is 1.18. The van der Waals surface area contributed by atoms with Crippen molar-refractivity contribution < 1.29 is 0 Å². The third-order valence-electron chi connectivity index (χ3n) is 4.16. The molecule has 2 nitrogen and oxygen atoms in total. The maximum absolute atomic E-state index is 5.96. The van der Waals surface area contributed by atoms with Crippen LogP contribution in [0.5, 0.6) is 0 Å². The second kappa shape index (κ2) is 6.76. The molecular formula is C16H25BrN2. The minimum Gasteiger partial charge on any atom is -0.368 e. The van der Waals surface area contributed by atoms with Gasteiger partial charge in [0.15, 0.2) is 0 Å². The van der Waals surface area contributed by atoms with Crippen LogP contribution in [0.1, 0.15) is 57.6 Å². The molecule has 0 spiro atoms. The van der Waals surface area contributed by atoms with Crippen molar-refractivity contribution in [3.8, 4) is 0 Å². The Hall–Kier alpha value is -0.540. The van der Waals surface area contributed by atoms with E-state index in [1.54, 1.807) is 0 Å². The zero-order valence-electron chi connectivity index (χ0n) is 12.0. The first-order valence-corrected chi connectivity index (χ1v) is 8.24. The topological polar surface area (TPSA) is 29.3 Å². The highest BCUT2D eigenvalue weighted by atomic mass is 79.9. The van der Waals surface area contributed by atoms with Gasteiger partial charge in [0.25, 0.3) is 0 Å². The van der Waals surface area contributed by atoms with Crippen molar-refractivity contribution in [2.75, 3.05) is 11.4 Å². The lowest BCUT2D eigenvalue weighted by Gasteiger charge is -2.32. The number of hydrogen-bond acceptors (Lipinski definition) is 2. The predicted molar refractivity (Wildman–Crippen MR) is 86.6 cm³/mol. The first kappa shape index (κ1) is 14.9. The molecule has 2 atom stereocenters. The molecule has 1 aliphatic rings. The Kier molecular flexibility index (Phi) is 5.28. The minimum atomic E-state index is 0.0939. The molecular weight excluding hydrogens is 300 g/mol. The summed E-state index contributed by atoms with van der Waals surface area (Å²) in [5.74, 6) is 0. The molecule has 0 radical (unpaired) electrons. The monoisotopic (exact) mass is 324 g/mol. The van der Waals surface area contributed by atoms with Gasteiger partial charge in [0.05, 0.1) is 5.69 Å². The Labute approximate surface area is 125 Å². The highest BCUT2D eigenvalue weighted by Crippen LogP contribution is 2.33. The van der Waals surface area contributed by atoms with E-state index in [-0.39, 0.29) is 6.04 Å². The fraction of sp³-hybridized carbons (Fsp3) is 0.625. The van der Waals surface area contributed by atoms with Crippen molar-refractivity contribution in [1.29, 1.82) is 0 Å². The van der Waals surface area contributed by atoms with E-state index in [1.165, 1.54) is 54.4 Å². The molecule has 2 rings (SSSR count). The Morgan fingerprint density at radius 3 is 2.79 bits per heavy atom. The Morgan fingerprint density at radius 1 is 1.37 bits per heavy atom. The van der Waals surface area contributed by atoms with Gasteiger partial charge in [-0.05, 0) is 59.8 Å². The van der Waals surface area contributed by atoms with Gasteiger partial charge in [-0.15, -0.1) is 0 Å². The van der Waals surface area contributed by atoms with Crippen LogP contribution >= 0.6 is 15.9 Å². The molecule has 1 saturated heterocycles. The van der Waals surface area contributed by atoms with Crippen LogP contribution in [0.25, 0.3) is 0 Å². The van der Waals surface area contributed by atoms with Crippen molar-refractivity contribution in [3.63, 3.8) is 0 Å². The summed E-state index contributed by atoms with van der Waals surface area (Å²) in [4.78, 5) is 2.59. The number of hydrogen-bond donors (Lipinski definition) is 1. The highest BCUT2D eigenvalue weighted by Gasteiger charge is 2.21. The van der Waals surface area contributed by atoms with Crippen molar-refractivity contribution in [2.45, 2.75) is 58.0 Å².